The molecule has 1 amide bonds. The average molecular weight is 276 g/mol. The van der Waals surface area contributed by atoms with Gasteiger partial charge in [0.15, 0.2) is 0 Å². The van der Waals surface area contributed by atoms with Crippen LogP contribution in [0.4, 0.5) is 0 Å². The summed E-state index contributed by atoms with van der Waals surface area (Å²) >= 11 is 1.46. The molecule has 1 saturated heterocycles. The Labute approximate surface area is 115 Å². The number of thiazole rings is 1. The Kier molecular flexibility index (Phi) is 3.33. The van der Waals surface area contributed by atoms with Gasteiger partial charge in [-0.15, -0.1) is 11.3 Å². The van der Waals surface area contributed by atoms with E-state index in [9.17, 15) is 4.79 Å². The SMILES string of the molecule is Cc1cn[nH]c1[C@@H]1CCCN(C(=O)c2cscn2)C1. The molecule has 0 unspecified atom stereocenters. The van der Waals surface area contributed by atoms with E-state index in [2.05, 4.69) is 22.1 Å². The van der Waals surface area contributed by atoms with Gasteiger partial charge in [-0.25, -0.2) is 4.98 Å². The van der Waals surface area contributed by atoms with Crippen molar-refractivity contribution >= 4 is 17.2 Å². The molecule has 1 aliphatic rings. The Morgan fingerprint density at radius 3 is 3.16 bits per heavy atom. The molecule has 100 valence electrons. The second kappa shape index (κ2) is 5.13. The van der Waals surface area contributed by atoms with E-state index in [0.29, 0.717) is 11.6 Å². The number of nitrogens with zero attached hydrogens (tertiary/aromatic N) is 3. The van der Waals surface area contributed by atoms with Crippen LogP contribution in [0.1, 0.15) is 40.5 Å². The van der Waals surface area contributed by atoms with E-state index in [-0.39, 0.29) is 5.91 Å². The number of H-pyrrole nitrogens is 1. The van der Waals surface area contributed by atoms with Gasteiger partial charge in [-0.2, -0.15) is 5.10 Å². The highest BCUT2D eigenvalue weighted by Crippen LogP contribution is 2.28. The van der Waals surface area contributed by atoms with Gasteiger partial charge < -0.3 is 4.90 Å². The third kappa shape index (κ3) is 2.40. The van der Waals surface area contributed by atoms with Crippen molar-refractivity contribution in [1.82, 2.24) is 20.1 Å². The van der Waals surface area contributed by atoms with Crippen molar-refractivity contribution in [3.63, 3.8) is 0 Å². The lowest BCUT2D eigenvalue weighted by atomic mass is 9.93. The van der Waals surface area contributed by atoms with Crippen LogP contribution >= 0.6 is 11.3 Å². The maximum Gasteiger partial charge on any atom is 0.273 e. The molecule has 1 aliphatic heterocycles. The molecule has 0 aliphatic carbocycles. The molecule has 3 rings (SSSR count). The van der Waals surface area contributed by atoms with Gasteiger partial charge >= 0.3 is 0 Å². The molecule has 2 aromatic heterocycles. The zero-order chi connectivity index (χ0) is 13.2. The van der Waals surface area contributed by atoms with Crippen LogP contribution in [-0.4, -0.2) is 39.1 Å². The van der Waals surface area contributed by atoms with E-state index < -0.39 is 0 Å². The van der Waals surface area contributed by atoms with Crippen molar-refractivity contribution < 1.29 is 4.79 Å². The topological polar surface area (TPSA) is 61.9 Å². The summed E-state index contributed by atoms with van der Waals surface area (Å²) in [6.45, 7) is 3.62. The lowest BCUT2D eigenvalue weighted by Gasteiger charge is -2.32. The fourth-order valence-corrected chi connectivity index (χ4v) is 3.17. The first-order valence-corrected chi connectivity index (χ1v) is 7.37. The van der Waals surface area contributed by atoms with Crippen molar-refractivity contribution in [2.45, 2.75) is 25.7 Å². The molecule has 1 atom stereocenters. The molecule has 2 aromatic rings. The minimum atomic E-state index is 0.0446. The largest absolute Gasteiger partial charge is 0.337 e. The Morgan fingerprint density at radius 2 is 2.47 bits per heavy atom. The number of carbonyl (C=O) groups excluding carboxylic acids is 1. The Balaban J connectivity index is 1.75. The standard InChI is InChI=1S/C13H16N4OS/c1-9-5-15-16-12(9)10-3-2-4-17(6-10)13(18)11-7-19-8-14-11/h5,7-8,10H,2-4,6H2,1H3,(H,15,16)/t10-/m1/s1. The van der Waals surface area contributed by atoms with Crippen LogP contribution in [0.25, 0.3) is 0 Å². The number of carbonyl (C=O) groups is 1. The van der Waals surface area contributed by atoms with E-state index in [4.69, 9.17) is 0 Å². The molecule has 1 N–H and O–H groups in total. The minimum absolute atomic E-state index is 0.0446. The maximum absolute atomic E-state index is 12.3. The monoisotopic (exact) mass is 276 g/mol. The maximum atomic E-state index is 12.3. The van der Waals surface area contributed by atoms with Gasteiger partial charge in [-0.3, -0.25) is 9.89 Å². The van der Waals surface area contributed by atoms with Crippen LogP contribution < -0.4 is 0 Å². The summed E-state index contributed by atoms with van der Waals surface area (Å²) in [5.41, 5.74) is 4.60. The van der Waals surface area contributed by atoms with E-state index >= 15 is 0 Å². The smallest absolute Gasteiger partial charge is 0.273 e. The first kappa shape index (κ1) is 12.3. The molecule has 0 spiro atoms. The number of piperidine rings is 1. The fraction of sp³-hybridized carbons (Fsp3) is 0.462. The second-order valence-corrected chi connectivity index (χ2v) is 5.65. The molecular weight excluding hydrogens is 260 g/mol. The lowest BCUT2D eigenvalue weighted by molar-refractivity contribution is 0.0700. The quantitative estimate of drug-likeness (QED) is 0.914. The molecule has 0 saturated carbocycles. The zero-order valence-corrected chi connectivity index (χ0v) is 11.6. The van der Waals surface area contributed by atoms with Gasteiger partial charge in [0.25, 0.3) is 5.91 Å². The van der Waals surface area contributed by atoms with Crippen LogP contribution in [0.2, 0.25) is 0 Å². The Bertz CT molecular complexity index is 563. The molecule has 19 heavy (non-hydrogen) atoms. The fourth-order valence-electron chi connectivity index (χ4n) is 2.65. The number of aryl methyl sites for hydroxylation is 1. The summed E-state index contributed by atoms with van der Waals surface area (Å²) in [5, 5.41) is 8.96. The number of nitrogens with one attached hydrogen (secondary N) is 1. The van der Waals surface area contributed by atoms with E-state index in [1.807, 2.05) is 16.5 Å². The summed E-state index contributed by atoms with van der Waals surface area (Å²) in [6, 6.07) is 0. The number of aromatic amines is 1. The van der Waals surface area contributed by atoms with Gasteiger partial charge in [0, 0.05) is 30.1 Å². The van der Waals surface area contributed by atoms with Crippen molar-refractivity contribution in [2.24, 2.45) is 0 Å². The summed E-state index contributed by atoms with van der Waals surface area (Å²) < 4.78 is 0. The van der Waals surface area contributed by atoms with E-state index in [0.717, 1.165) is 31.6 Å². The van der Waals surface area contributed by atoms with Crippen molar-refractivity contribution in [3.8, 4) is 0 Å². The van der Waals surface area contributed by atoms with Gasteiger partial charge in [-0.05, 0) is 25.3 Å². The normalized spacial score (nSPS) is 19.6. The number of hydrogen-bond acceptors (Lipinski definition) is 4. The molecule has 1 fully saturated rings. The predicted molar refractivity (Wildman–Crippen MR) is 73.3 cm³/mol. The summed E-state index contributed by atoms with van der Waals surface area (Å²) in [6.07, 6.45) is 3.97. The van der Waals surface area contributed by atoms with Crippen LogP contribution in [0.5, 0.6) is 0 Å². The molecular formula is C13H16N4OS. The van der Waals surface area contributed by atoms with Crippen LogP contribution in [0.15, 0.2) is 17.1 Å². The van der Waals surface area contributed by atoms with E-state index in [1.165, 1.54) is 16.9 Å². The van der Waals surface area contributed by atoms with Gasteiger partial charge in [-0.1, -0.05) is 0 Å². The van der Waals surface area contributed by atoms with Gasteiger partial charge in [0.2, 0.25) is 0 Å². The molecule has 0 radical (unpaired) electrons. The molecule has 0 aromatic carbocycles. The molecule has 0 bridgehead atoms. The highest BCUT2D eigenvalue weighted by Gasteiger charge is 2.27. The van der Waals surface area contributed by atoms with Crippen molar-refractivity contribution in [3.05, 3.63) is 34.0 Å². The number of hydrogen-bond donors (Lipinski definition) is 1. The number of rotatable bonds is 2. The third-order valence-electron chi connectivity index (χ3n) is 3.64. The van der Waals surface area contributed by atoms with Gasteiger partial charge in [0.1, 0.15) is 5.69 Å². The summed E-state index contributed by atoms with van der Waals surface area (Å²) in [5.74, 6) is 0.405. The third-order valence-corrected chi connectivity index (χ3v) is 4.22. The van der Waals surface area contributed by atoms with Crippen LogP contribution in [-0.2, 0) is 0 Å². The Morgan fingerprint density at radius 1 is 1.58 bits per heavy atom. The average Bonchev–Trinajstić information content (AvgIpc) is 3.09. The number of likely N-dealkylation sites (tertiary alicyclic amines) is 1. The number of aromatic nitrogens is 3. The van der Waals surface area contributed by atoms with Crippen molar-refractivity contribution in [2.75, 3.05) is 13.1 Å². The first-order chi connectivity index (χ1) is 9.25. The van der Waals surface area contributed by atoms with Crippen molar-refractivity contribution in [1.29, 1.82) is 0 Å². The van der Waals surface area contributed by atoms with Crippen LogP contribution in [0, 0.1) is 6.92 Å². The predicted octanol–water partition coefficient (Wildman–Crippen LogP) is 2.19. The first-order valence-electron chi connectivity index (χ1n) is 6.43. The minimum Gasteiger partial charge on any atom is -0.337 e. The van der Waals surface area contributed by atoms with Crippen LogP contribution in [0.3, 0.4) is 0 Å². The second-order valence-electron chi connectivity index (χ2n) is 4.93. The molecule has 5 nitrogen and oxygen atoms in total. The highest BCUT2D eigenvalue weighted by molar-refractivity contribution is 7.07. The van der Waals surface area contributed by atoms with E-state index in [1.54, 1.807) is 5.51 Å². The molecule has 3 heterocycles. The van der Waals surface area contributed by atoms with Gasteiger partial charge in [0.05, 0.1) is 11.7 Å². The zero-order valence-electron chi connectivity index (χ0n) is 10.8. The molecule has 6 heteroatoms. The Hall–Kier alpha value is -1.69. The highest BCUT2D eigenvalue weighted by atomic mass is 32.1. The summed E-state index contributed by atoms with van der Waals surface area (Å²) in [7, 11) is 0. The lowest BCUT2D eigenvalue weighted by Crippen LogP contribution is -2.39. The summed E-state index contributed by atoms with van der Waals surface area (Å²) in [4.78, 5) is 18.3. The number of amides is 1.